The molecule has 6 rings (SSSR count). The number of H-pyrrole nitrogens is 1. The minimum atomic E-state index is -0.789. The maximum absolute atomic E-state index is 15.0. The van der Waals surface area contributed by atoms with Crippen molar-refractivity contribution < 1.29 is 22.8 Å². The molecule has 0 spiro atoms. The number of halogens is 3. The number of carbonyl (C=O) groups excluding carboxylic acids is 1. The number of amides is 2. The molecule has 4 heterocycles. The molecule has 12 heteroatoms. The predicted molar refractivity (Wildman–Crippen MR) is 117 cm³/mol. The number of anilines is 1. The molecule has 1 atom stereocenters. The van der Waals surface area contributed by atoms with Crippen LogP contribution in [0.25, 0.3) is 22.2 Å². The van der Waals surface area contributed by atoms with Gasteiger partial charge in [0.1, 0.15) is 17.3 Å². The van der Waals surface area contributed by atoms with E-state index in [1.54, 1.807) is 4.58 Å². The Labute approximate surface area is 194 Å². The molecular formula is C22H14ClF2N6O3+. The molecule has 2 aromatic heterocycles. The van der Waals surface area contributed by atoms with Crippen molar-refractivity contribution in [2.24, 2.45) is 0 Å². The Morgan fingerprint density at radius 1 is 1.21 bits per heavy atom. The molecule has 34 heavy (non-hydrogen) atoms. The zero-order chi connectivity index (χ0) is 23.6. The van der Waals surface area contributed by atoms with Crippen molar-refractivity contribution in [1.29, 1.82) is 0 Å². The van der Waals surface area contributed by atoms with Crippen molar-refractivity contribution in [3.63, 3.8) is 0 Å². The van der Waals surface area contributed by atoms with E-state index in [0.29, 0.717) is 25.0 Å². The van der Waals surface area contributed by atoms with Crippen LogP contribution in [-0.2, 0) is 6.42 Å². The summed E-state index contributed by atoms with van der Waals surface area (Å²) in [5.41, 5.74) is 2.01. The molecule has 2 aliphatic rings. The van der Waals surface area contributed by atoms with Crippen LogP contribution < -0.4 is 10.9 Å². The summed E-state index contributed by atoms with van der Waals surface area (Å²) < 4.78 is 35.9. The van der Waals surface area contributed by atoms with Crippen molar-refractivity contribution in [3.05, 3.63) is 68.6 Å². The molecule has 2 aromatic carbocycles. The number of hydrogen-bond acceptors (Lipinski definition) is 6. The van der Waals surface area contributed by atoms with Crippen LogP contribution in [0.15, 0.2) is 39.8 Å². The van der Waals surface area contributed by atoms with Crippen LogP contribution in [0.5, 0.6) is 0 Å². The molecule has 0 fully saturated rings. The summed E-state index contributed by atoms with van der Waals surface area (Å²) in [5, 5.41) is 16.2. The highest BCUT2D eigenvalue weighted by Crippen LogP contribution is 2.37. The molecule has 9 nitrogen and oxygen atoms in total. The van der Waals surface area contributed by atoms with Gasteiger partial charge < -0.3 is 0 Å². The highest BCUT2D eigenvalue weighted by molar-refractivity contribution is 6.33. The fourth-order valence-electron chi connectivity index (χ4n) is 4.65. The first-order valence-electron chi connectivity index (χ1n) is 10.3. The van der Waals surface area contributed by atoms with Gasteiger partial charge in [-0.1, -0.05) is 11.6 Å². The third kappa shape index (κ3) is 3.11. The van der Waals surface area contributed by atoms with Gasteiger partial charge in [-0.3, -0.25) is 4.79 Å². The second kappa shape index (κ2) is 7.52. The smallest absolute Gasteiger partial charge is 0.268 e. The molecule has 0 saturated heterocycles. The number of fused-ring (bicyclic) bond motifs is 4. The topological polar surface area (TPSA) is 117 Å². The molecule has 170 valence electrons. The molecule has 2 aliphatic heterocycles. The second-order valence-electron chi connectivity index (χ2n) is 8.11. The summed E-state index contributed by atoms with van der Waals surface area (Å²) >= 11 is 6.35. The number of rotatable bonds is 2. The van der Waals surface area contributed by atoms with E-state index < -0.39 is 17.7 Å². The quantitative estimate of drug-likeness (QED) is 0.416. The molecule has 0 unspecified atom stereocenters. The molecular weight excluding hydrogens is 470 g/mol. The first-order valence-corrected chi connectivity index (χ1v) is 10.7. The number of nitrogens with one attached hydrogen (secondary N) is 2. The number of urea groups is 1. The van der Waals surface area contributed by atoms with E-state index in [1.165, 1.54) is 24.3 Å². The van der Waals surface area contributed by atoms with Crippen LogP contribution in [0.3, 0.4) is 0 Å². The monoisotopic (exact) mass is 483 g/mol. The molecule has 2 N–H and O–H groups in total. The normalized spacial score (nSPS) is 16.7. The summed E-state index contributed by atoms with van der Waals surface area (Å²) in [4.78, 5) is 24.7. The summed E-state index contributed by atoms with van der Waals surface area (Å²) in [6.07, 6.45) is 1.72. The number of carbonyl (C=O) groups is 1. The second-order valence-corrected chi connectivity index (χ2v) is 8.52. The van der Waals surface area contributed by atoms with Crippen molar-refractivity contribution in [3.8, 4) is 11.1 Å². The van der Waals surface area contributed by atoms with E-state index in [9.17, 15) is 14.0 Å². The van der Waals surface area contributed by atoms with Gasteiger partial charge in [-0.2, -0.15) is 14.5 Å². The zero-order valence-corrected chi connectivity index (χ0v) is 18.0. The number of aromatic nitrogens is 4. The van der Waals surface area contributed by atoms with Crippen LogP contribution in [0.4, 0.5) is 19.3 Å². The third-order valence-electron chi connectivity index (χ3n) is 6.16. The molecule has 0 radical (unpaired) electrons. The van der Waals surface area contributed by atoms with Crippen LogP contribution in [0.2, 0.25) is 5.02 Å². The van der Waals surface area contributed by atoms with Crippen LogP contribution in [-0.4, -0.2) is 36.8 Å². The molecule has 4 aromatic rings. The van der Waals surface area contributed by atoms with Crippen LogP contribution in [0, 0.1) is 11.6 Å². The number of nitrogens with zero attached hydrogens (tertiary/aromatic N) is 4. The van der Waals surface area contributed by atoms with Crippen molar-refractivity contribution in [1.82, 2.24) is 20.5 Å². The first-order chi connectivity index (χ1) is 16.4. The fourth-order valence-corrected chi connectivity index (χ4v) is 4.91. The summed E-state index contributed by atoms with van der Waals surface area (Å²) in [6.45, 7) is 0. The Morgan fingerprint density at radius 2 is 2.06 bits per heavy atom. The van der Waals surface area contributed by atoms with Crippen molar-refractivity contribution in [2.75, 3.05) is 5.32 Å². The van der Waals surface area contributed by atoms with Gasteiger partial charge in [0.2, 0.25) is 0 Å². The third-order valence-corrected chi connectivity index (χ3v) is 6.48. The molecule has 2 bridgehead atoms. The maximum atomic E-state index is 15.0. The maximum Gasteiger partial charge on any atom is 0.496 e. The van der Waals surface area contributed by atoms with Crippen molar-refractivity contribution in [2.45, 2.75) is 25.3 Å². The number of aromatic amines is 1. The lowest BCUT2D eigenvalue weighted by atomic mass is 10.0. The zero-order valence-electron chi connectivity index (χ0n) is 17.2. The van der Waals surface area contributed by atoms with Gasteiger partial charge >= 0.3 is 6.03 Å². The summed E-state index contributed by atoms with van der Waals surface area (Å²) in [6, 6.07) is 5.75. The van der Waals surface area contributed by atoms with E-state index in [2.05, 4.69) is 30.5 Å². The Hall–Kier alpha value is -3.99. The van der Waals surface area contributed by atoms with Crippen LogP contribution >= 0.6 is 11.6 Å². The molecule has 2 amide bonds. The molecule has 0 aliphatic carbocycles. The summed E-state index contributed by atoms with van der Waals surface area (Å²) in [7, 11) is 0. The van der Waals surface area contributed by atoms with Gasteiger partial charge in [0.15, 0.2) is 22.8 Å². The van der Waals surface area contributed by atoms with Crippen molar-refractivity contribution >= 4 is 40.1 Å². The highest BCUT2D eigenvalue weighted by Gasteiger charge is 2.42. The lowest BCUT2D eigenvalue weighted by molar-refractivity contribution is -0.469. The van der Waals surface area contributed by atoms with E-state index in [1.807, 2.05) is 0 Å². The van der Waals surface area contributed by atoms with E-state index in [-0.39, 0.29) is 44.5 Å². The van der Waals surface area contributed by atoms with Gasteiger partial charge in [0.25, 0.3) is 5.56 Å². The lowest BCUT2D eigenvalue weighted by Crippen LogP contribution is -2.36. The Kier molecular flexibility index (Phi) is 4.56. The average Bonchev–Trinajstić information content (AvgIpc) is 3.41. The number of hydrogen-bond donors (Lipinski definition) is 2. The van der Waals surface area contributed by atoms with Gasteiger partial charge in [-0.05, 0) is 34.1 Å². The van der Waals surface area contributed by atoms with E-state index >= 15 is 4.39 Å². The summed E-state index contributed by atoms with van der Waals surface area (Å²) in [5.74, 6) is -1.54. The lowest BCUT2D eigenvalue weighted by Gasteiger charge is -2.19. The SMILES string of the molecule is O=C(Nc1cc(Cl)c(-c2ccc3nonc3c2F)cc1F)[N+]1=C2CC[C@@H]1c1n[nH]c(=O)cc1C2. The van der Waals surface area contributed by atoms with Gasteiger partial charge in [0, 0.05) is 42.5 Å². The fraction of sp³-hybridized carbons (Fsp3) is 0.182. The van der Waals surface area contributed by atoms with Gasteiger partial charge in [0.05, 0.1) is 10.7 Å². The average molecular weight is 484 g/mol. The van der Waals surface area contributed by atoms with Crippen LogP contribution in [0.1, 0.15) is 30.1 Å². The number of benzene rings is 2. The van der Waals surface area contributed by atoms with E-state index in [0.717, 1.165) is 17.3 Å². The Morgan fingerprint density at radius 3 is 2.91 bits per heavy atom. The minimum absolute atomic E-state index is 0.0197. The largest absolute Gasteiger partial charge is 0.496 e. The van der Waals surface area contributed by atoms with Gasteiger partial charge in [-0.15, -0.1) is 0 Å². The van der Waals surface area contributed by atoms with Gasteiger partial charge in [-0.25, -0.2) is 23.8 Å². The Bertz CT molecular complexity index is 1610. The highest BCUT2D eigenvalue weighted by atomic mass is 35.5. The van der Waals surface area contributed by atoms with E-state index in [4.69, 9.17) is 11.6 Å². The minimum Gasteiger partial charge on any atom is -0.268 e. The standard InChI is InChI=1S/C22H13ClF2N6O3/c23-13-8-16(14(24)7-12(13)11-2-3-15-21(19(11)25)30-34-29-15)26-22(33)31-10-1-4-17(31)20-9(5-10)6-18(32)27-28-20/h2-3,6-8,17H,1,4-5H2,(H-,26,27,30,32,33)/p+1/t17-/m1/s1. The first kappa shape index (κ1) is 20.6. The predicted octanol–water partition coefficient (Wildman–Crippen LogP) is 3.98. The Balaban J connectivity index is 1.32. The molecule has 0 saturated carbocycles.